The van der Waals surface area contributed by atoms with Crippen LogP contribution in [0, 0.1) is 0 Å². The van der Waals surface area contributed by atoms with E-state index in [1.54, 1.807) is 24.3 Å². The van der Waals surface area contributed by atoms with E-state index in [1.807, 2.05) is 48.5 Å². The van der Waals surface area contributed by atoms with Crippen LogP contribution in [0.1, 0.15) is 16.7 Å². The summed E-state index contributed by atoms with van der Waals surface area (Å²) in [6.07, 6.45) is 0.346. The van der Waals surface area contributed by atoms with Gasteiger partial charge >= 0.3 is 5.97 Å². The number of ether oxygens (including phenoxy) is 1. The second kappa shape index (κ2) is 10.1. The van der Waals surface area contributed by atoms with Crippen molar-refractivity contribution in [2.24, 2.45) is 5.73 Å². The topological polar surface area (TPSA) is 84.6 Å². The Labute approximate surface area is 191 Å². The third-order valence-electron chi connectivity index (χ3n) is 4.82. The van der Waals surface area contributed by atoms with Gasteiger partial charge < -0.3 is 20.9 Å². The van der Waals surface area contributed by atoms with Gasteiger partial charge in [-0.25, -0.2) is 4.79 Å². The number of hydrogen-bond donors (Lipinski definition) is 3. The molecule has 0 radical (unpaired) electrons. The van der Waals surface area contributed by atoms with E-state index in [9.17, 15) is 9.90 Å². The van der Waals surface area contributed by atoms with Gasteiger partial charge in [-0.1, -0.05) is 85.1 Å². The molecule has 31 heavy (non-hydrogen) atoms. The predicted molar refractivity (Wildman–Crippen MR) is 130 cm³/mol. The van der Waals surface area contributed by atoms with Gasteiger partial charge in [-0.2, -0.15) is 0 Å². The third kappa shape index (κ3) is 5.45. The Kier molecular flexibility index (Phi) is 7.33. The van der Waals surface area contributed by atoms with Gasteiger partial charge in [0.05, 0.1) is 7.11 Å². The molecule has 0 aliphatic rings. The summed E-state index contributed by atoms with van der Waals surface area (Å²) in [5.41, 5.74) is 10.00. The van der Waals surface area contributed by atoms with Crippen LogP contribution in [-0.2, 0) is 16.0 Å². The predicted octanol–water partition coefficient (Wildman–Crippen LogP) is 3.74. The molecule has 0 aromatic heterocycles. The molecule has 0 saturated heterocycles. The molecule has 0 bridgehead atoms. The lowest BCUT2D eigenvalue weighted by Crippen LogP contribution is -2.42. The summed E-state index contributed by atoms with van der Waals surface area (Å²) in [6, 6.07) is 21.2. The fraction of sp³-hybridized carbons (Fsp3) is 0.125. The number of thiocarbonyl (C=S) groups is 2. The Morgan fingerprint density at radius 3 is 2.10 bits per heavy atom. The summed E-state index contributed by atoms with van der Waals surface area (Å²) < 4.78 is 4.97. The molecule has 0 aliphatic carbocycles. The molecular weight excluding hydrogens is 428 g/mol. The molecule has 158 valence electrons. The Morgan fingerprint density at radius 2 is 1.52 bits per heavy atom. The molecule has 0 unspecified atom stereocenters. The lowest BCUT2D eigenvalue weighted by molar-refractivity contribution is -0.142. The first kappa shape index (κ1) is 22.4. The first-order valence-electron chi connectivity index (χ1n) is 9.55. The first-order chi connectivity index (χ1) is 14.9. The fourth-order valence-corrected chi connectivity index (χ4v) is 3.79. The number of nitrogens with one attached hydrogen (secondary N) is 1. The summed E-state index contributed by atoms with van der Waals surface area (Å²) in [5.74, 6) is -0.274. The summed E-state index contributed by atoms with van der Waals surface area (Å²) in [6.45, 7) is 0. The van der Waals surface area contributed by atoms with Crippen molar-refractivity contribution >= 4 is 40.4 Å². The van der Waals surface area contributed by atoms with Crippen molar-refractivity contribution in [3.63, 3.8) is 0 Å². The van der Waals surface area contributed by atoms with Crippen LogP contribution >= 0.6 is 24.4 Å². The Hall–Kier alpha value is -3.29. The highest BCUT2D eigenvalue weighted by Crippen LogP contribution is 2.28. The van der Waals surface area contributed by atoms with Gasteiger partial charge in [0.25, 0.3) is 0 Å². The molecule has 4 N–H and O–H groups in total. The number of carbonyl (C=O) groups is 1. The molecule has 3 aromatic carbocycles. The molecular formula is C24H22N2O3S2. The molecule has 3 aromatic rings. The monoisotopic (exact) mass is 450 g/mol. The SMILES string of the molecule is COC(=O)[C@H](Cc1ccc(O)cc1)NC(=S)c1ccccc1-c1ccccc1C(N)=S. The average Bonchev–Trinajstić information content (AvgIpc) is 2.79. The molecule has 7 heteroatoms. The van der Waals surface area contributed by atoms with E-state index in [0.29, 0.717) is 16.4 Å². The Bertz CT molecular complexity index is 1110. The summed E-state index contributed by atoms with van der Waals surface area (Å²) in [5, 5.41) is 12.6. The minimum absolute atomic E-state index is 0.159. The van der Waals surface area contributed by atoms with E-state index < -0.39 is 12.0 Å². The Morgan fingerprint density at radius 1 is 0.968 bits per heavy atom. The highest BCUT2D eigenvalue weighted by atomic mass is 32.1. The molecule has 0 heterocycles. The smallest absolute Gasteiger partial charge is 0.328 e. The van der Waals surface area contributed by atoms with Crippen molar-refractivity contribution in [2.45, 2.75) is 12.5 Å². The molecule has 0 spiro atoms. The molecule has 5 nitrogen and oxygen atoms in total. The maximum absolute atomic E-state index is 12.4. The quantitative estimate of drug-likeness (QED) is 0.373. The molecule has 0 fully saturated rings. The number of methoxy groups -OCH3 is 1. The van der Waals surface area contributed by atoms with Gasteiger partial charge in [0.1, 0.15) is 21.8 Å². The van der Waals surface area contributed by atoms with Gasteiger partial charge in [-0.05, 0) is 28.8 Å². The average molecular weight is 451 g/mol. The maximum atomic E-state index is 12.4. The number of carbonyl (C=O) groups excluding carboxylic acids is 1. The largest absolute Gasteiger partial charge is 0.508 e. The van der Waals surface area contributed by atoms with Gasteiger partial charge in [0, 0.05) is 17.5 Å². The van der Waals surface area contributed by atoms with Gasteiger partial charge in [-0.15, -0.1) is 0 Å². The number of rotatable bonds is 7. The van der Waals surface area contributed by atoms with Gasteiger partial charge in [-0.3, -0.25) is 0 Å². The van der Waals surface area contributed by atoms with E-state index >= 15 is 0 Å². The van der Waals surface area contributed by atoms with E-state index in [-0.39, 0.29) is 5.75 Å². The summed E-state index contributed by atoms with van der Waals surface area (Å²) >= 11 is 10.9. The van der Waals surface area contributed by atoms with Crippen LogP contribution in [0.3, 0.4) is 0 Å². The van der Waals surface area contributed by atoms with Crippen LogP contribution in [0.5, 0.6) is 5.75 Å². The fourth-order valence-electron chi connectivity index (χ4n) is 3.29. The standard InChI is InChI=1S/C24H22N2O3S2/c1-29-24(28)21(14-15-10-12-16(27)13-11-15)26-23(31)20-9-5-3-7-18(20)17-6-2-4-8-19(17)22(25)30/h2-13,21,27H,14H2,1H3,(H2,25,30)(H,26,31)/t21-/m0/s1. The van der Waals surface area contributed by atoms with Gasteiger partial charge in [0.15, 0.2) is 0 Å². The molecule has 0 aliphatic heterocycles. The number of phenolic OH excluding ortho intramolecular Hbond substituents is 1. The zero-order valence-electron chi connectivity index (χ0n) is 16.9. The zero-order valence-corrected chi connectivity index (χ0v) is 18.5. The van der Waals surface area contributed by atoms with Crippen molar-refractivity contribution in [2.75, 3.05) is 7.11 Å². The van der Waals surface area contributed by atoms with Gasteiger partial charge in [0.2, 0.25) is 0 Å². The zero-order chi connectivity index (χ0) is 22.4. The van der Waals surface area contributed by atoms with Crippen LogP contribution in [-0.4, -0.2) is 34.2 Å². The van der Waals surface area contributed by atoms with E-state index in [0.717, 1.165) is 27.8 Å². The van der Waals surface area contributed by atoms with E-state index in [2.05, 4.69) is 5.32 Å². The molecule has 3 rings (SSSR count). The molecule has 0 amide bonds. The number of nitrogens with two attached hydrogens (primary N) is 1. The van der Waals surface area contributed by atoms with E-state index in [1.165, 1.54) is 7.11 Å². The van der Waals surface area contributed by atoms with Crippen molar-refractivity contribution < 1.29 is 14.6 Å². The molecule has 0 saturated carbocycles. The number of hydrogen-bond acceptors (Lipinski definition) is 5. The normalized spacial score (nSPS) is 11.4. The van der Waals surface area contributed by atoms with Crippen molar-refractivity contribution in [3.8, 4) is 16.9 Å². The van der Waals surface area contributed by atoms with Crippen molar-refractivity contribution in [3.05, 3.63) is 89.5 Å². The van der Waals surface area contributed by atoms with Crippen molar-refractivity contribution in [1.82, 2.24) is 5.32 Å². The van der Waals surface area contributed by atoms with Crippen LogP contribution < -0.4 is 11.1 Å². The second-order valence-corrected chi connectivity index (χ2v) is 7.72. The molecule has 1 atom stereocenters. The van der Waals surface area contributed by atoms with Crippen LogP contribution in [0.4, 0.5) is 0 Å². The van der Waals surface area contributed by atoms with Crippen LogP contribution in [0.15, 0.2) is 72.8 Å². The lowest BCUT2D eigenvalue weighted by atomic mass is 9.95. The number of phenols is 1. The highest BCUT2D eigenvalue weighted by molar-refractivity contribution is 7.81. The second-order valence-electron chi connectivity index (χ2n) is 6.88. The minimum atomic E-state index is -0.694. The maximum Gasteiger partial charge on any atom is 0.328 e. The van der Waals surface area contributed by atoms with Crippen LogP contribution in [0.25, 0.3) is 11.1 Å². The number of esters is 1. The summed E-state index contributed by atoms with van der Waals surface area (Å²) in [7, 11) is 1.34. The Balaban J connectivity index is 1.92. The lowest BCUT2D eigenvalue weighted by Gasteiger charge is -2.20. The van der Waals surface area contributed by atoms with Crippen molar-refractivity contribution in [1.29, 1.82) is 0 Å². The third-order valence-corrected chi connectivity index (χ3v) is 5.38. The first-order valence-corrected chi connectivity index (χ1v) is 10.4. The highest BCUT2D eigenvalue weighted by Gasteiger charge is 2.22. The minimum Gasteiger partial charge on any atom is -0.508 e. The summed E-state index contributed by atoms with van der Waals surface area (Å²) in [4.78, 5) is 13.1. The number of benzene rings is 3. The van der Waals surface area contributed by atoms with E-state index in [4.69, 9.17) is 34.9 Å². The number of aromatic hydroxyl groups is 1. The van der Waals surface area contributed by atoms with Crippen LogP contribution in [0.2, 0.25) is 0 Å².